The number of phosphoric acid groups is 2. The van der Waals surface area contributed by atoms with Gasteiger partial charge in [0, 0.05) is 19.3 Å². The highest BCUT2D eigenvalue weighted by molar-refractivity contribution is 7.47. The first kappa shape index (κ1) is 102. The van der Waals surface area contributed by atoms with E-state index in [1.54, 1.807) is 6.08 Å². The van der Waals surface area contributed by atoms with Crippen molar-refractivity contribution in [2.75, 3.05) is 39.6 Å². The Hall–Kier alpha value is -6.36. The molecule has 19 heteroatoms. The van der Waals surface area contributed by atoms with Gasteiger partial charge in [-0.2, -0.15) is 0 Å². The molecule has 5 unspecified atom stereocenters. The number of ether oxygens (including phenoxy) is 4. The fourth-order valence-corrected chi connectivity index (χ4v) is 11.4. The number of rotatable bonds is 73. The summed E-state index contributed by atoms with van der Waals surface area (Å²) < 4.78 is 68.5. The van der Waals surface area contributed by atoms with Gasteiger partial charge in [0.2, 0.25) is 0 Å². The first-order chi connectivity index (χ1) is 52.7. The van der Waals surface area contributed by atoms with E-state index >= 15 is 0 Å². The third kappa shape index (κ3) is 77.8. The van der Waals surface area contributed by atoms with Gasteiger partial charge in [0.25, 0.3) is 0 Å². The molecule has 0 saturated carbocycles. The Morgan fingerprint density at radius 1 is 0.269 bits per heavy atom. The molecule has 0 aliphatic rings. The molecule has 0 heterocycles. The lowest BCUT2D eigenvalue weighted by atomic mass is 10.1. The van der Waals surface area contributed by atoms with Crippen LogP contribution in [-0.2, 0) is 65.4 Å². The van der Waals surface area contributed by atoms with Crippen LogP contribution >= 0.6 is 15.6 Å². The van der Waals surface area contributed by atoms with Crippen molar-refractivity contribution in [3.8, 4) is 0 Å². The van der Waals surface area contributed by atoms with Crippen molar-refractivity contribution < 1.29 is 80.2 Å². The second-order valence-electron chi connectivity index (χ2n) is 25.8. The lowest BCUT2D eigenvalue weighted by Crippen LogP contribution is -2.30. The second-order valence-corrected chi connectivity index (χ2v) is 28.8. The fraction of sp³-hybridized carbons (Fsp3) is 0.573. The average molecular weight is 1540 g/mol. The van der Waals surface area contributed by atoms with Crippen LogP contribution in [0.5, 0.6) is 0 Å². The Morgan fingerprint density at radius 3 is 0.796 bits per heavy atom. The molecule has 0 fully saturated rings. The van der Waals surface area contributed by atoms with Crippen LogP contribution in [0.25, 0.3) is 0 Å². The molecule has 5 atom stereocenters. The Balaban J connectivity index is 5.52. The van der Waals surface area contributed by atoms with Gasteiger partial charge < -0.3 is 33.8 Å². The van der Waals surface area contributed by atoms with Crippen molar-refractivity contribution >= 4 is 39.5 Å². The van der Waals surface area contributed by atoms with Crippen LogP contribution in [0.15, 0.2) is 207 Å². The second kappa shape index (κ2) is 78.8. The summed E-state index contributed by atoms with van der Waals surface area (Å²) in [6, 6.07) is 0. The molecule has 0 bridgehead atoms. The summed E-state index contributed by atoms with van der Waals surface area (Å²) in [6.07, 6.45) is 98.4. The molecule has 0 amide bonds. The van der Waals surface area contributed by atoms with E-state index in [1.807, 2.05) is 24.3 Å². The number of allylic oxidation sites excluding steroid dienone is 33. The largest absolute Gasteiger partial charge is 0.472 e. The van der Waals surface area contributed by atoms with E-state index in [4.69, 9.17) is 37.0 Å². The number of unbranched alkanes of at least 4 members (excludes halogenated alkanes) is 14. The van der Waals surface area contributed by atoms with Crippen LogP contribution in [0.2, 0.25) is 0 Å². The number of aliphatic hydroxyl groups excluding tert-OH is 1. The Kier molecular flexibility index (Phi) is 74.1. The molecule has 17 nitrogen and oxygen atoms in total. The third-order valence-electron chi connectivity index (χ3n) is 15.8. The van der Waals surface area contributed by atoms with E-state index in [9.17, 15) is 43.2 Å². The van der Waals surface area contributed by atoms with Gasteiger partial charge in [-0.3, -0.25) is 37.3 Å². The number of hydrogen-bond acceptors (Lipinski definition) is 15. The molecule has 0 aromatic heterocycles. The zero-order chi connectivity index (χ0) is 78.9. The summed E-state index contributed by atoms with van der Waals surface area (Å²) in [6.45, 7) is 4.19. The summed E-state index contributed by atoms with van der Waals surface area (Å²) in [5.41, 5.74) is 0. The van der Waals surface area contributed by atoms with Gasteiger partial charge >= 0.3 is 39.5 Å². The van der Waals surface area contributed by atoms with Gasteiger partial charge in [-0.15, -0.1) is 0 Å². The Bertz CT molecular complexity index is 2860. The van der Waals surface area contributed by atoms with Gasteiger partial charge in [0.05, 0.1) is 32.8 Å². The fourth-order valence-electron chi connectivity index (χ4n) is 9.79. The third-order valence-corrected chi connectivity index (χ3v) is 17.7. The van der Waals surface area contributed by atoms with Crippen LogP contribution in [0.4, 0.5) is 0 Å². The number of esters is 4. The molecule has 0 aromatic rings. The quantitative estimate of drug-likeness (QED) is 0.0169. The smallest absolute Gasteiger partial charge is 0.462 e. The van der Waals surface area contributed by atoms with E-state index in [0.717, 1.165) is 186 Å². The van der Waals surface area contributed by atoms with Crippen LogP contribution < -0.4 is 0 Å². The predicted octanol–water partition coefficient (Wildman–Crippen LogP) is 23.9. The minimum absolute atomic E-state index is 0.0145. The van der Waals surface area contributed by atoms with E-state index in [0.29, 0.717) is 32.1 Å². The summed E-state index contributed by atoms with van der Waals surface area (Å²) in [7, 11) is -10.0. The topological polar surface area (TPSA) is 237 Å². The van der Waals surface area contributed by atoms with Crippen molar-refractivity contribution in [3.63, 3.8) is 0 Å². The molecule has 108 heavy (non-hydrogen) atoms. The minimum atomic E-state index is -5.02. The average Bonchev–Trinajstić information content (AvgIpc) is 0.899. The zero-order valence-electron chi connectivity index (χ0n) is 66.4. The maximum atomic E-state index is 13.1. The first-order valence-electron chi connectivity index (χ1n) is 40.3. The van der Waals surface area contributed by atoms with Gasteiger partial charge in [-0.25, -0.2) is 9.13 Å². The number of phosphoric ester groups is 2. The van der Waals surface area contributed by atoms with Crippen molar-refractivity contribution in [1.82, 2.24) is 0 Å². The van der Waals surface area contributed by atoms with Crippen molar-refractivity contribution in [2.45, 2.75) is 290 Å². The Morgan fingerprint density at radius 2 is 0.491 bits per heavy atom. The number of hydrogen-bond donors (Lipinski definition) is 3. The molecule has 0 saturated heterocycles. The summed E-state index contributed by atoms with van der Waals surface area (Å²) in [5, 5.41) is 10.7. The minimum Gasteiger partial charge on any atom is -0.462 e. The maximum absolute atomic E-state index is 13.1. The highest BCUT2D eigenvalue weighted by atomic mass is 31.2. The molecule has 0 radical (unpaired) electrons. The van der Waals surface area contributed by atoms with E-state index < -0.39 is 97.5 Å². The van der Waals surface area contributed by atoms with Crippen molar-refractivity contribution in [3.05, 3.63) is 207 Å². The number of carbonyl (C=O) groups is 4. The number of carbonyl (C=O) groups excluding carboxylic acids is 4. The van der Waals surface area contributed by atoms with Crippen LogP contribution in [0.3, 0.4) is 0 Å². The normalized spacial score (nSPS) is 14.9. The Labute approximate surface area is 652 Å². The van der Waals surface area contributed by atoms with Gasteiger partial charge in [-0.05, 0) is 167 Å². The highest BCUT2D eigenvalue weighted by Gasteiger charge is 2.30. The SMILES string of the molecule is CC/C=C\C/C=C\C/C=C\C/C=C\C/C=C\CC(=O)OCC(COP(=O)(O)OCC(O)COP(=O)(O)OCC(COC(=O)CCCCCCCC/C=C\C/C=C\C/C=C\C/C=C\CC)OC(=O)CCCCCCCC/C=C\C/C=C\C/C=C\C/C=C\CC)OC(=O)CCCC/C=C\C/C=C\C/C=C\C/C=C\CC. The molecule has 0 rings (SSSR count). The molecule has 0 spiro atoms. The molecular weight excluding hydrogens is 1400 g/mol. The van der Waals surface area contributed by atoms with E-state index in [-0.39, 0.29) is 25.7 Å². The monoisotopic (exact) mass is 1540 g/mol. The summed E-state index contributed by atoms with van der Waals surface area (Å²) in [4.78, 5) is 73.0. The molecular formula is C89H140O17P2. The molecule has 608 valence electrons. The lowest BCUT2D eigenvalue weighted by molar-refractivity contribution is -0.161. The van der Waals surface area contributed by atoms with Gasteiger partial charge in [0.15, 0.2) is 12.2 Å². The lowest BCUT2D eigenvalue weighted by Gasteiger charge is -2.21. The van der Waals surface area contributed by atoms with Gasteiger partial charge in [0.1, 0.15) is 19.3 Å². The molecule has 0 aliphatic heterocycles. The standard InChI is InChI=1S/C89H140O17P2/c1-5-9-13-17-21-25-29-33-37-39-41-43-47-50-54-58-62-66-70-74-87(92)100-80-85(106-89(94)76-72-68-64-60-56-52-48-44-42-40-38-34-30-26-22-18-14-10-6-2)82-104-108(97,98)102-78-83(90)77-101-107(95,96)103-81-84(105-88(93)75-71-67-63-59-55-51-46-36-32-28-24-20-16-12-8-4)79-99-86(91)73-69-65-61-57-53-49-45-35-31-27-23-19-15-11-7-3/h9-16,21-28,33-38,41-46,53,55,57,59,65,69,83-85,90H,5-8,17-20,29-32,39-40,47-52,54,56,58,60-64,66-68,70-82H2,1-4H3,(H,95,96)(H,97,98)/b13-9-,14-10-,15-11-,16-12-,25-21-,26-22-,27-23-,28-24-,37-33-,38-34-,43-41-,44-42-,45-35-,46-36-,57-53-,59-55-,69-65-. The molecule has 0 aliphatic carbocycles. The van der Waals surface area contributed by atoms with Gasteiger partial charge in [-0.1, -0.05) is 286 Å². The highest BCUT2D eigenvalue weighted by Crippen LogP contribution is 2.45. The molecule has 3 N–H and O–H groups in total. The van der Waals surface area contributed by atoms with Crippen LogP contribution in [-0.4, -0.2) is 96.7 Å². The zero-order valence-corrected chi connectivity index (χ0v) is 68.2. The summed E-state index contributed by atoms with van der Waals surface area (Å²) in [5.74, 6) is -2.42. The van der Waals surface area contributed by atoms with Crippen molar-refractivity contribution in [1.29, 1.82) is 0 Å². The van der Waals surface area contributed by atoms with Crippen molar-refractivity contribution in [2.24, 2.45) is 0 Å². The molecule has 0 aromatic carbocycles. The number of aliphatic hydroxyl groups is 1. The van der Waals surface area contributed by atoms with E-state index in [2.05, 4.69) is 204 Å². The first-order valence-corrected chi connectivity index (χ1v) is 43.3. The predicted molar refractivity (Wildman–Crippen MR) is 445 cm³/mol. The van der Waals surface area contributed by atoms with Crippen LogP contribution in [0, 0.1) is 0 Å². The summed E-state index contributed by atoms with van der Waals surface area (Å²) >= 11 is 0. The van der Waals surface area contributed by atoms with Crippen LogP contribution in [0.1, 0.15) is 272 Å². The van der Waals surface area contributed by atoms with E-state index in [1.165, 1.54) is 0 Å². The maximum Gasteiger partial charge on any atom is 0.472 e.